The van der Waals surface area contributed by atoms with Gasteiger partial charge in [-0.25, -0.2) is 4.79 Å². The van der Waals surface area contributed by atoms with Crippen LogP contribution in [-0.4, -0.2) is 53.1 Å². The van der Waals surface area contributed by atoms with Crippen molar-refractivity contribution in [3.63, 3.8) is 0 Å². The molecule has 33 heavy (non-hydrogen) atoms. The van der Waals surface area contributed by atoms with Crippen molar-refractivity contribution in [2.75, 3.05) is 6.54 Å². The molecular weight excluding hydrogens is 418 g/mol. The molecular formula is C26H37N3O4. The first-order chi connectivity index (χ1) is 15.7. The van der Waals surface area contributed by atoms with Gasteiger partial charge in [0, 0.05) is 12.6 Å². The maximum absolute atomic E-state index is 13.5. The van der Waals surface area contributed by atoms with Gasteiger partial charge in [0.1, 0.15) is 17.7 Å². The summed E-state index contributed by atoms with van der Waals surface area (Å²) in [7, 11) is 0. The van der Waals surface area contributed by atoms with E-state index in [-0.39, 0.29) is 24.3 Å². The molecule has 7 heteroatoms. The van der Waals surface area contributed by atoms with Crippen molar-refractivity contribution in [3.8, 4) is 0 Å². The second-order valence-corrected chi connectivity index (χ2v) is 9.27. The van der Waals surface area contributed by atoms with Crippen molar-refractivity contribution in [1.29, 1.82) is 0 Å². The number of carbonyl (C=O) groups excluding carboxylic acids is 3. The van der Waals surface area contributed by atoms with Crippen molar-refractivity contribution in [2.45, 2.75) is 76.6 Å². The number of nitrogens with zero attached hydrogens (tertiary/aromatic N) is 1. The normalized spacial score (nSPS) is 18.8. The number of hydrogen-bond donors (Lipinski definition) is 2. The van der Waals surface area contributed by atoms with E-state index in [0.29, 0.717) is 32.2 Å². The molecule has 1 heterocycles. The minimum absolute atomic E-state index is 0.146. The Hall–Kier alpha value is -3.09. The molecule has 180 valence electrons. The second kappa shape index (κ2) is 12.2. The van der Waals surface area contributed by atoms with Gasteiger partial charge < -0.3 is 20.3 Å². The molecule has 0 unspecified atom stereocenters. The van der Waals surface area contributed by atoms with Crippen LogP contribution in [0.1, 0.15) is 52.0 Å². The number of hydrogen-bond acceptors (Lipinski definition) is 4. The van der Waals surface area contributed by atoms with Crippen molar-refractivity contribution in [3.05, 3.63) is 61.2 Å². The van der Waals surface area contributed by atoms with Crippen LogP contribution in [0.2, 0.25) is 0 Å². The van der Waals surface area contributed by atoms with Crippen molar-refractivity contribution < 1.29 is 19.1 Å². The molecule has 1 aromatic rings. The molecule has 0 aromatic heterocycles. The number of nitrogens with one attached hydrogen (secondary N) is 2. The Morgan fingerprint density at radius 3 is 2.45 bits per heavy atom. The largest absolute Gasteiger partial charge is 0.444 e. The predicted molar refractivity (Wildman–Crippen MR) is 130 cm³/mol. The van der Waals surface area contributed by atoms with E-state index >= 15 is 0 Å². The van der Waals surface area contributed by atoms with E-state index in [9.17, 15) is 14.4 Å². The Bertz CT molecular complexity index is 832. The summed E-state index contributed by atoms with van der Waals surface area (Å²) in [6.45, 7) is 13.3. The van der Waals surface area contributed by atoms with Crippen LogP contribution in [0.3, 0.4) is 0 Å². The number of alkyl carbamates (subject to hydrolysis) is 1. The summed E-state index contributed by atoms with van der Waals surface area (Å²) in [5.41, 5.74) is 0.445. The van der Waals surface area contributed by atoms with Gasteiger partial charge in [-0.2, -0.15) is 0 Å². The average Bonchev–Trinajstić information content (AvgIpc) is 3.16. The Morgan fingerprint density at radius 1 is 1.15 bits per heavy atom. The minimum atomic E-state index is -0.859. The number of benzene rings is 1. The fourth-order valence-electron chi connectivity index (χ4n) is 4.01. The van der Waals surface area contributed by atoms with Crippen LogP contribution in [0.5, 0.6) is 0 Å². The first-order valence-electron chi connectivity index (χ1n) is 11.5. The van der Waals surface area contributed by atoms with E-state index in [2.05, 4.69) is 23.8 Å². The summed E-state index contributed by atoms with van der Waals surface area (Å²) in [5, 5.41) is 5.63. The zero-order chi connectivity index (χ0) is 24.4. The van der Waals surface area contributed by atoms with Crippen molar-refractivity contribution in [2.24, 2.45) is 0 Å². The molecule has 7 nitrogen and oxygen atoms in total. The van der Waals surface area contributed by atoms with Gasteiger partial charge in [-0.1, -0.05) is 42.5 Å². The van der Waals surface area contributed by atoms with E-state index in [4.69, 9.17) is 4.74 Å². The molecule has 1 aromatic carbocycles. The molecule has 0 radical (unpaired) electrons. The SMILES string of the molecule is C=CC[C@H]1CC[C@@H](C(=O)NCCc2ccccc2)N1C(=O)[C@H](CC=C)NC(=O)OC(C)(C)C. The van der Waals surface area contributed by atoms with Crippen molar-refractivity contribution in [1.82, 2.24) is 15.5 Å². The summed E-state index contributed by atoms with van der Waals surface area (Å²) in [6, 6.07) is 8.31. The summed E-state index contributed by atoms with van der Waals surface area (Å²) >= 11 is 0. The highest BCUT2D eigenvalue weighted by atomic mass is 16.6. The van der Waals surface area contributed by atoms with Crippen LogP contribution in [0.25, 0.3) is 0 Å². The van der Waals surface area contributed by atoms with E-state index in [0.717, 1.165) is 5.56 Å². The lowest BCUT2D eigenvalue weighted by atomic mass is 10.1. The van der Waals surface area contributed by atoms with E-state index in [1.807, 2.05) is 30.3 Å². The number of likely N-dealkylation sites (tertiary alicyclic amines) is 1. The monoisotopic (exact) mass is 455 g/mol. The summed E-state index contributed by atoms with van der Waals surface area (Å²) < 4.78 is 5.32. The molecule has 0 bridgehead atoms. The molecule has 2 N–H and O–H groups in total. The standard InChI is InChI=1S/C26H37N3O4/c1-6-11-20-15-16-22(23(30)27-18-17-19-13-9-8-10-14-19)29(20)24(31)21(12-7-2)28-25(32)33-26(3,4)5/h6-10,13-14,20-22H,1-2,11-12,15-18H2,3-5H3,(H,27,30)(H,28,32)/t20-,21-,22-/m0/s1. The lowest BCUT2D eigenvalue weighted by Gasteiger charge is -2.33. The highest BCUT2D eigenvalue weighted by Crippen LogP contribution is 2.28. The third kappa shape index (κ3) is 8.08. The van der Waals surface area contributed by atoms with Gasteiger partial charge in [-0.3, -0.25) is 9.59 Å². The molecule has 1 aliphatic rings. The first kappa shape index (κ1) is 26.2. The summed E-state index contributed by atoms with van der Waals surface area (Å²) in [5.74, 6) is -0.492. The topological polar surface area (TPSA) is 87.7 Å². The maximum Gasteiger partial charge on any atom is 0.408 e. The maximum atomic E-state index is 13.5. The van der Waals surface area contributed by atoms with Gasteiger partial charge in [-0.15, -0.1) is 13.2 Å². The highest BCUT2D eigenvalue weighted by molar-refractivity contribution is 5.92. The quantitative estimate of drug-likeness (QED) is 0.526. The molecule has 1 fully saturated rings. The zero-order valence-corrected chi connectivity index (χ0v) is 20.0. The van der Waals surface area contributed by atoms with Gasteiger partial charge in [-0.05, 0) is 58.4 Å². The molecule has 0 saturated carbocycles. The van der Waals surface area contributed by atoms with Gasteiger partial charge in [0.2, 0.25) is 11.8 Å². The first-order valence-corrected chi connectivity index (χ1v) is 11.5. The minimum Gasteiger partial charge on any atom is -0.444 e. The third-order valence-corrected chi connectivity index (χ3v) is 5.45. The van der Waals surface area contributed by atoms with Crippen LogP contribution in [0.15, 0.2) is 55.6 Å². The molecule has 3 amide bonds. The molecule has 3 atom stereocenters. The van der Waals surface area contributed by atoms with Gasteiger partial charge in [0.25, 0.3) is 0 Å². The fraction of sp³-hybridized carbons (Fsp3) is 0.500. The lowest BCUT2D eigenvalue weighted by Crippen LogP contribution is -2.56. The van der Waals surface area contributed by atoms with E-state index in [1.54, 1.807) is 37.8 Å². The highest BCUT2D eigenvalue weighted by Gasteiger charge is 2.42. The molecule has 0 aliphatic carbocycles. The molecule has 0 spiro atoms. The van der Waals surface area contributed by atoms with Crippen LogP contribution in [0, 0.1) is 0 Å². The van der Waals surface area contributed by atoms with Crippen molar-refractivity contribution >= 4 is 17.9 Å². The van der Waals surface area contributed by atoms with E-state index in [1.165, 1.54) is 0 Å². The third-order valence-electron chi connectivity index (χ3n) is 5.45. The predicted octanol–water partition coefficient (Wildman–Crippen LogP) is 3.75. The van der Waals surface area contributed by atoms with Crippen LogP contribution < -0.4 is 10.6 Å². The number of carbonyl (C=O) groups is 3. The molecule has 1 aliphatic heterocycles. The average molecular weight is 456 g/mol. The summed E-state index contributed by atoms with van der Waals surface area (Å²) in [4.78, 5) is 40.5. The fourth-order valence-corrected chi connectivity index (χ4v) is 4.01. The zero-order valence-electron chi connectivity index (χ0n) is 20.0. The van der Waals surface area contributed by atoms with Gasteiger partial charge in [0.15, 0.2) is 0 Å². The smallest absolute Gasteiger partial charge is 0.408 e. The van der Waals surface area contributed by atoms with Crippen LogP contribution in [-0.2, 0) is 20.7 Å². The number of rotatable bonds is 10. The Kier molecular flexibility index (Phi) is 9.70. The van der Waals surface area contributed by atoms with E-state index < -0.39 is 23.8 Å². The van der Waals surface area contributed by atoms with Crippen LogP contribution in [0.4, 0.5) is 4.79 Å². The Labute approximate surface area is 197 Å². The molecule has 2 rings (SSSR count). The summed E-state index contributed by atoms with van der Waals surface area (Å²) in [6.07, 6.45) is 5.44. The number of ether oxygens (including phenoxy) is 1. The van der Waals surface area contributed by atoms with Crippen LogP contribution >= 0.6 is 0 Å². The Balaban J connectivity index is 2.10. The Morgan fingerprint density at radius 2 is 1.85 bits per heavy atom. The van der Waals surface area contributed by atoms with Gasteiger partial charge in [0.05, 0.1) is 0 Å². The molecule has 1 saturated heterocycles. The van der Waals surface area contributed by atoms with Gasteiger partial charge >= 0.3 is 6.09 Å². The lowest BCUT2D eigenvalue weighted by molar-refractivity contribution is -0.142. The number of amides is 3. The second-order valence-electron chi connectivity index (χ2n) is 9.27.